The molecule has 1 fully saturated rings. The van der Waals surface area contributed by atoms with Crippen LogP contribution in [0.2, 0.25) is 0 Å². The summed E-state index contributed by atoms with van der Waals surface area (Å²) in [5.74, 6) is 0. The molecule has 1 saturated carbocycles. The molecule has 0 radical (unpaired) electrons. The molecule has 90 valence electrons. The van der Waals surface area contributed by atoms with Crippen LogP contribution in [-0.2, 0) is 0 Å². The van der Waals surface area contributed by atoms with Crippen molar-refractivity contribution >= 4 is 0 Å². The lowest BCUT2D eigenvalue weighted by Crippen LogP contribution is -2.36. The van der Waals surface area contributed by atoms with Gasteiger partial charge in [0.05, 0.1) is 0 Å². The summed E-state index contributed by atoms with van der Waals surface area (Å²) in [5, 5.41) is 3.72. The van der Waals surface area contributed by atoms with Crippen molar-refractivity contribution in [2.24, 2.45) is 10.8 Å². The second-order valence-corrected chi connectivity index (χ2v) is 7.20. The summed E-state index contributed by atoms with van der Waals surface area (Å²) in [4.78, 5) is 0. The van der Waals surface area contributed by atoms with Crippen molar-refractivity contribution in [1.29, 1.82) is 0 Å². The van der Waals surface area contributed by atoms with Gasteiger partial charge in [-0.15, -0.1) is 0 Å². The van der Waals surface area contributed by atoms with E-state index in [0.717, 1.165) is 6.04 Å². The Hall–Kier alpha value is -0.0400. The maximum Gasteiger partial charge on any atom is 0.00674 e. The summed E-state index contributed by atoms with van der Waals surface area (Å²) in [7, 11) is 0. The molecular formula is C14H29N. The Balaban J connectivity index is 2.14. The van der Waals surface area contributed by atoms with Gasteiger partial charge in [-0.1, -0.05) is 34.6 Å². The molecule has 15 heavy (non-hydrogen) atoms. The Morgan fingerprint density at radius 1 is 1.13 bits per heavy atom. The summed E-state index contributed by atoms with van der Waals surface area (Å²) in [6, 6.07) is 0.792. The van der Waals surface area contributed by atoms with Crippen molar-refractivity contribution in [2.75, 3.05) is 6.54 Å². The fourth-order valence-electron chi connectivity index (χ4n) is 2.25. The van der Waals surface area contributed by atoms with Gasteiger partial charge in [0.15, 0.2) is 0 Å². The molecule has 1 aliphatic carbocycles. The second-order valence-electron chi connectivity index (χ2n) is 7.20. The first-order valence-corrected chi connectivity index (χ1v) is 6.52. The molecule has 1 heteroatoms. The SMILES string of the molecule is CC(C)(C)CCNC1CCC(C)(C)CC1. The lowest BCUT2D eigenvalue weighted by Gasteiger charge is -2.35. The minimum Gasteiger partial charge on any atom is -0.314 e. The molecule has 0 aromatic carbocycles. The fraction of sp³-hybridized carbons (Fsp3) is 1.00. The average Bonchev–Trinajstić information content (AvgIpc) is 2.06. The zero-order valence-corrected chi connectivity index (χ0v) is 11.3. The molecule has 1 rings (SSSR count). The van der Waals surface area contributed by atoms with E-state index in [1.165, 1.54) is 38.6 Å². The summed E-state index contributed by atoms with van der Waals surface area (Å²) in [6.07, 6.45) is 6.81. The van der Waals surface area contributed by atoms with Crippen molar-refractivity contribution in [1.82, 2.24) is 5.32 Å². The van der Waals surface area contributed by atoms with E-state index >= 15 is 0 Å². The zero-order chi connectivity index (χ0) is 11.5. The van der Waals surface area contributed by atoms with Crippen LogP contribution < -0.4 is 5.32 Å². The maximum atomic E-state index is 3.72. The fourth-order valence-corrected chi connectivity index (χ4v) is 2.25. The van der Waals surface area contributed by atoms with Crippen molar-refractivity contribution in [2.45, 2.75) is 72.8 Å². The highest BCUT2D eigenvalue weighted by molar-refractivity contribution is 4.82. The lowest BCUT2D eigenvalue weighted by molar-refractivity contribution is 0.203. The van der Waals surface area contributed by atoms with Crippen molar-refractivity contribution in [3.63, 3.8) is 0 Å². The smallest absolute Gasteiger partial charge is 0.00674 e. The van der Waals surface area contributed by atoms with Gasteiger partial charge in [0, 0.05) is 6.04 Å². The van der Waals surface area contributed by atoms with E-state index in [2.05, 4.69) is 39.9 Å². The first-order chi connectivity index (χ1) is 6.79. The third kappa shape index (κ3) is 5.55. The van der Waals surface area contributed by atoms with Crippen LogP contribution in [0.5, 0.6) is 0 Å². The van der Waals surface area contributed by atoms with Crippen molar-refractivity contribution in [3.05, 3.63) is 0 Å². The predicted octanol–water partition coefficient (Wildman–Crippen LogP) is 3.98. The Bertz CT molecular complexity index is 178. The highest BCUT2D eigenvalue weighted by Crippen LogP contribution is 2.35. The quantitative estimate of drug-likeness (QED) is 0.744. The minimum absolute atomic E-state index is 0.473. The number of hydrogen-bond acceptors (Lipinski definition) is 1. The van der Waals surface area contributed by atoms with Gasteiger partial charge in [-0.05, 0) is 49.5 Å². The largest absolute Gasteiger partial charge is 0.314 e. The molecule has 0 atom stereocenters. The molecule has 0 heterocycles. The van der Waals surface area contributed by atoms with Crippen LogP contribution in [0.15, 0.2) is 0 Å². The third-order valence-corrected chi connectivity index (χ3v) is 3.65. The Kier molecular flexibility index (Phi) is 4.22. The topological polar surface area (TPSA) is 12.0 Å². The molecule has 0 aliphatic heterocycles. The van der Waals surface area contributed by atoms with Crippen LogP contribution in [0, 0.1) is 10.8 Å². The van der Waals surface area contributed by atoms with Gasteiger partial charge in [0.25, 0.3) is 0 Å². The monoisotopic (exact) mass is 211 g/mol. The van der Waals surface area contributed by atoms with Gasteiger partial charge < -0.3 is 5.32 Å². The van der Waals surface area contributed by atoms with Crippen LogP contribution in [0.3, 0.4) is 0 Å². The van der Waals surface area contributed by atoms with Gasteiger partial charge in [-0.3, -0.25) is 0 Å². The number of nitrogens with one attached hydrogen (secondary N) is 1. The molecule has 0 bridgehead atoms. The number of rotatable bonds is 3. The zero-order valence-electron chi connectivity index (χ0n) is 11.3. The highest BCUT2D eigenvalue weighted by Gasteiger charge is 2.26. The maximum absolute atomic E-state index is 3.72. The van der Waals surface area contributed by atoms with Crippen LogP contribution in [0.4, 0.5) is 0 Å². The molecule has 0 aromatic heterocycles. The van der Waals surface area contributed by atoms with Crippen LogP contribution in [-0.4, -0.2) is 12.6 Å². The van der Waals surface area contributed by atoms with E-state index in [1.54, 1.807) is 0 Å². The molecule has 0 spiro atoms. The van der Waals surface area contributed by atoms with Gasteiger partial charge in [0.2, 0.25) is 0 Å². The van der Waals surface area contributed by atoms with Crippen molar-refractivity contribution < 1.29 is 0 Å². The Labute approximate surface area is 96.0 Å². The molecule has 1 nitrogen and oxygen atoms in total. The van der Waals surface area contributed by atoms with Gasteiger partial charge in [-0.2, -0.15) is 0 Å². The van der Waals surface area contributed by atoms with Gasteiger partial charge in [-0.25, -0.2) is 0 Å². The van der Waals surface area contributed by atoms with Crippen LogP contribution in [0.25, 0.3) is 0 Å². The highest BCUT2D eigenvalue weighted by atomic mass is 14.9. The molecule has 1 N–H and O–H groups in total. The molecule has 0 saturated heterocycles. The van der Waals surface area contributed by atoms with E-state index in [-0.39, 0.29) is 0 Å². The van der Waals surface area contributed by atoms with Crippen LogP contribution in [0.1, 0.15) is 66.7 Å². The van der Waals surface area contributed by atoms with E-state index < -0.39 is 0 Å². The van der Waals surface area contributed by atoms with Crippen molar-refractivity contribution in [3.8, 4) is 0 Å². The van der Waals surface area contributed by atoms with Gasteiger partial charge in [0.1, 0.15) is 0 Å². The van der Waals surface area contributed by atoms with E-state index in [0.29, 0.717) is 10.8 Å². The standard InChI is InChI=1S/C14H29N/c1-13(2,3)10-11-15-12-6-8-14(4,5)9-7-12/h12,15H,6-11H2,1-5H3. The number of hydrogen-bond donors (Lipinski definition) is 1. The molecular weight excluding hydrogens is 182 g/mol. The molecule has 1 aliphatic rings. The summed E-state index contributed by atoms with van der Waals surface area (Å²) in [6.45, 7) is 12.9. The first-order valence-electron chi connectivity index (χ1n) is 6.52. The van der Waals surface area contributed by atoms with E-state index in [9.17, 15) is 0 Å². The third-order valence-electron chi connectivity index (χ3n) is 3.65. The lowest BCUT2D eigenvalue weighted by atomic mass is 9.75. The summed E-state index contributed by atoms with van der Waals surface area (Å²) >= 11 is 0. The van der Waals surface area contributed by atoms with E-state index in [1.807, 2.05) is 0 Å². The Morgan fingerprint density at radius 3 is 2.13 bits per heavy atom. The average molecular weight is 211 g/mol. The Morgan fingerprint density at radius 2 is 1.67 bits per heavy atom. The molecule has 0 amide bonds. The normalized spacial score (nSPS) is 23.0. The second kappa shape index (κ2) is 4.86. The first kappa shape index (κ1) is 13.0. The predicted molar refractivity (Wildman–Crippen MR) is 68.1 cm³/mol. The van der Waals surface area contributed by atoms with Gasteiger partial charge >= 0.3 is 0 Å². The summed E-state index contributed by atoms with van der Waals surface area (Å²) < 4.78 is 0. The molecule has 0 unspecified atom stereocenters. The van der Waals surface area contributed by atoms with Crippen LogP contribution >= 0.6 is 0 Å². The summed E-state index contributed by atoms with van der Waals surface area (Å²) in [5.41, 5.74) is 1.07. The minimum atomic E-state index is 0.473. The molecule has 0 aromatic rings. The van der Waals surface area contributed by atoms with E-state index in [4.69, 9.17) is 0 Å².